The third kappa shape index (κ3) is 2.61. The molecule has 0 spiro atoms. The molecule has 0 bridgehead atoms. The van der Waals surface area contributed by atoms with E-state index in [1.54, 1.807) is 23.0 Å². The largest absolute Gasteiger partial charge is 0.468 e. The molecule has 0 amide bonds. The molecular weight excluding hydrogens is 342 g/mol. The summed E-state index contributed by atoms with van der Waals surface area (Å²) in [5.41, 5.74) is 2.76. The molecule has 0 radical (unpaired) electrons. The van der Waals surface area contributed by atoms with Crippen LogP contribution in [0.15, 0.2) is 55.0 Å². The van der Waals surface area contributed by atoms with Crippen LogP contribution in [0.5, 0.6) is 0 Å². The van der Waals surface area contributed by atoms with Crippen LogP contribution < -0.4 is 0 Å². The van der Waals surface area contributed by atoms with Gasteiger partial charge >= 0.3 is 5.97 Å². The van der Waals surface area contributed by atoms with Crippen molar-refractivity contribution >= 4 is 33.7 Å². The number of benzene rings is 1. The minimum atomic E-state index is -1.04. The summed E-state index contributed by atoms with van der Waals surface area (Å²) in [6, 6.07) is 11.3. The molecule has 1 aromatic carbocycles. The number of fused-ring (bicyclic) bond motifs is 2. The van der Waals surface area contributed by atoms with Crippen LogP contribution in [0.25, 0.3) is 21.9 Å². The number of aromatic nitrogens is 3. The van der Waals surface area contributed by atoms with Crippen molar-refractivity contribution in [1.29, 1.82) is 0 Å². The van der Waals surface area contributed by atoms with Crippen molar-refractivity contribution in [3.63, 3.8) is 0 Å². The molecule has 3 aromatic heterocycles. The third-order valence-electron chi connectivity index (χ3n) is 4.94. The molecule has 0 aliphatic carbocycles. The summed E-state index contributed by atoms with van der Waals surface area (Å²) in [6.45, 7) is 0. The smallest absolute Gasteiger partial charge is 0.321 e. The van der Waals surface area contributed by atoms with Crippen LogP contribution in [0, 0.1) is 0 Å². The average molecular weight is 361 g/mol. The molecule has 0 saturated carbocycles. The van der Waals surface area contributed by atoms with E-state index in [0.717, 1.165) is 16.3 Å². The van der Waals surface area contributed by atoms with Crippen molar-refractivity contribution in [2.24, 2.45) is 14.1 Å². The maximum atomic E-state index is 13.5. The summed E-state index contributed by atoms with van der Waals surface area (Å²) in [5.74, 6) is -1.90. The number of ether oxygens (including phenoxy) is 1. The van der Waals surface area contributed by atoms with Crippen molar-refractivity contribution in [1.82, 2.24) is 14.1 Å². The Labute approximate surface area is 156 Å². The van der Waals surface area contributed by atoms with Crippen LogP contribution in [0.3, 0.4) is 0 Å². The topological polar surface area (TPSA) is 66.1 Å². The normalized spacial score (nSPS) is 12.4. The van der Waals surface area contributed by atoms with Crippen LogP contribution in [-0.2, 0) is 23.6 Å². The Hall–Kier alpha value is -3.41. The van der Waals surface area contributed by atoms with Gasteiger partial charge in [-0.25, -0.2) is 4.98 Å². The number of methoxy groups -OCH3 is 1. The summed E-state index contributed by atoms with van der Waals surface area (Å²) in [4.78, 5) is 30.4. The van der Waals surface area contributed by atoms with Crippen LogP contribution in [-0.4, -0.2) is 33.0 Å². The van der Waals surface area contributed by atoms with Crippen molar-refractivity contribution in [3.8, 4) is 0 Å². The van der Waals surface area contributed by atoms with Gasteiger partial charge in [-0.05, 0) is 23.8 Å². The van der Waals surface area contributed by atoms with Gasteiger partial charge in [0.05, 0.1) is 7.11 Å². The Morgan fingerprint density at radius 2 is 1.74 bits per heavy atom. The number of pyridine rings is 1. The summed E-state index contributed by atoms with van der Waals surface area (Å²) in [7, 11) is 5.03. The zero-order chi connectivity index (χ0) is 19.1. The van der Waals surface area contributed by atoms with Crippen LogP contribution in [0.1, 0.15) is 21.8 Å². The van der Waals surface area contributed by atoms with Crippen molar-refractivity contribution in [2.75, 3.05) is 7.11 Å². The maximum absolute atomic E-state index is 13.5. The summed E-state index contributed by atoms with van der Waals surface area (Å²) >= 11 is 0. The Bertz CT molecular complexity index is 1190. The zero-order valence-corrected chi connectivity index (χ0v) is 15.3. The molecule has 3 heterocycles. The molecule has 4 aromatic rings. The molecule has 0 aliphatic rings. The van der Waals surface area contributed by atoms with E-state index in [1.165, 1.54) is 7.11 Å². The predicted octanol–water partition coefficient (Wildman–Crippen LogP) is 3.20. The molecule has 0 saturated heterocycles. The van der Waals surface area contributed by atoms with Gasteiger partial charge < -0.3 is 13.9 Å². The van der Waals surface area contributed by atoms with Gasteiger partial charge in [-0.3, -0.25) is 9.59 Å². The summed E-state index contributed by atoms with van der Waals surface area (Å²) < 4.78 is 8.70. The first kappa shape index (κ1) is 17.0. The molecule has 6 heteroatoms. The molecule has 1 unspecified atom stereocenters. The Kier molecular flexibility index (Phi) is 4.03. The van der Waals surface area contributed by atoms with E-state index in [0.29, 0.717) is 16.8 Å². The van der Waals surface area contributed by atoms with E-state index in [2.05, 4.69) is 4.98 Å². The van der Waals surface area contributed by atoms with Gasteiger partial charge in [-0.2, -0.15) is 0 Å². The molecule has 0 fully saturated rings. The molecule has 0 N–H and O–H groups in total. The van der Waals surface area contributed by atoms with Gasteiger partial charge in [0.25, 0.3) is 0 Å². The van der Waals surface area contributed by atoms with Gasteiger partial charge in [0.2, 0.25) is 0 Å². The number of rotatable bonds is 4. The van der Waals surface area contributed by atoms with E-state index in [-0.39, 0.29) is 5.78 Å². The van der Waals surface area contributed by atoms with E-state index in [4.69, 9.17) is 4.74 Å². The molecule has 4 rings (SSSR count). The van der Waals surface area contributed by atoms with Gasteiger partial charge in [-0.15, -0.1) is 0 Å². The van der Waals surface area contributed by atoms with Gasteiger partial charge in [-0.1, -0.05) is 18.2 Å². The fourth-order valence-corrected chi connectivity index (χ4v) is 3.66. The summed E-state index contributed by atoms with van der Waals surface area (Å²) in [6.07, 6.45) is 5.23. The number of Topliss-reactive ketones (excluding diaryl/α,β-unsaturated/α-hetero) is 1. The quantitative estimate of drug-likeness (QED) is 0.318. The van der Waals surface area contributed by atoms with E-state index < -0.39 is 11.9 Å². The third-order valence-corrected chi connectivity index (χ3v) is 4.94. The molecule has 0 aliphatic heterocycles. The molecule has 6 nitrogen and oxygen atoms in total. The van der Waals surface area contributed by atoms with Crippen LogP contribution >= 0.6 is 0 Å². The Morgan fingerprint density at radius 1 is 1.00 bits per heavy atom. The highest BCUT2D eigenvalue weighted by molar-refractivity contribution is 6.19. The monoisotopic (exact) mass is 361 g/mol. The van der Waals surface area contributed by atoms with Crippen molar-refractivity contribution in [2.45, 2.75) is 5.92 Å². The standard InChI is InChI=1S/C21H19N3O3/c1-23-11-15(13-7-4-5-9-17(13)23)18(21(26)27-3)19(25)16-12-24(2)20-14(16)8-6-10-22-20/h4-12,18H,1-3H3. The number of carbonyl (C=O) groups excluding carboxylic acids is 2. The van der Waals surface area contributed by atoms with Crippen LogP contribution in [0.2, 0.25) is 0 Å². The fraction of sp³-hybridized carbons (Fsp3) is 0.190. The first-order chi connectivity index (χ1) is 13.0. The number of esters is 1. The number of hydrogen-bond donors (Lipinski definition) is 0. The van der Waals surface area contributed by atoms with E-state index >= 15 is 0 Å². The Balaban J connectivity index is 1.92. The Morgan fingerprint density at radius 3 is 2.52 bits per heavy atom. The second kappa shape index (κ2) is 6.39. The number of para-hydroxylation sites is 1. The number of carbonyl (C=O) groups is 2. The number of hydrogen-bond acceptors (Lipinski definition) is 4. The van der Waals surface area contributed by atoms with Crippen molar-refractivity contribution < 1.29 is 14.3 Å². The first-order valence-electron chi connectivity index (χ1n) is 8.59. The number of ketones is 1. The number of nitrogens with zero attached hydrogens (tertiary/aromatic N) is 3. The molecular formula is C21H19N3O3. The molecule has 136 valence electrons. The lowest BCUT2D eigenvalue weighted by Gasteiger charge is -2.13. The zero-order valence-electron chi connectivity index (χ0n) is 15.3. The highest BCUT2D eigenvalue weighted by atomic mass is 16.5. The second-order valence-electron chi connectivity index (χ2n) is 6.56. The lowest BCUT2D eigenvalue weighted by atomic mass is 9.90. The predicted molar refractivity (Wildman–Crippen MR) is 103 cm³/mol. The first-order valence-corrected chi connectivity index (χ1v) is 8.59. The second-order valence-corrected chi connectivity index (χ2v) is 6.56. The van der Waals surface area contributed by atoms with Gasteiger partial charge in [0.1, 0.15) is 11.6 Å². The minimum Gasteiger partial charge on any atom is -0.468 e. The lowest BCUT2D eigenvalue weighted by molar-refractivity contribution is -0.141. The molecule has 1 atom stereocenters. The highest BCUT2D eigenvalue weighted by Crippen LogP contribution is 2.32. The molecule has 27 heavy (non-hydrogen) atoms. The van der Waals surface area contributed by atoms with Gasteiger partial charge in [0.15, 0.2) is 5.78 Å². The fourth-order valence-electron chi connectivity index (χ4n) is 3.66. The summed E-state index contributed by atoms with van der Waals surface area (Å²) in [5, 5.41) is 1.58. The van der Waals surface area contributed by atoms with Crippen LogP contribution in [0.4, 0.5) is 0 Å². The number of aryl methyl sites for hydroxylation is 2. The lowest BCUT2D eigenvalue weighted by Crippen LogP contribution is -2.23. The average Bonchev–Trinajstić information content (AvgIpc) is 3.20. The SMILES string of the molecule is COC(=O)C(C(=O)c1cn(C)c2ncccc12)c1cn(C)c2ccccc12. The highest BCUT2D eigenvalue weighted by Gasteiger charge is 2.34. The minimum absolute atomic E-state index is 0.295. The van der Waals surface area contributed by atoms with Gasteiger partial charge in [0, 0.05) is 54.5 Å². The van der Waals surface area contributed by atoms with E-state index in [9.17, 15) is 9.59 Å². The van der Waals surface area contributed by atoms with E-state index in [1.807, 2.05) is 55.2 Å². The van der Waals surface area contributed by atoms with Crippen molar-refractivity contribution in [3.05, 3.63) is 66.1 Å². The maximum Gasteiger partial charge on any atom is 0.321 e.